The molecule has 0 saturated carbocycles. The zero-order chi connectivity index (χ0) is 25.9. The topological polar surface area (TPSA) is 130 Å². The Kier molecular flexibility index (Phi) is 7.73. The summed E-state index contributed by atoms with van der Waals surface area (Å²) in [5, 5.41) is 7.79. The number of sulfonamides is 1. The summed E-state index contributed by atoms with van der Waals surface area (Å²) in [6.45, 7) is 1.51. The van der Waals surface area contributed by atoms with Gasteiger partial charge in [-0.1, -0.05) is 17.7 Å². The van der Waals surface area contributed by atoms with Gasteiger partial charge in [-0.2, -0.15) is 0 Å². The molecule has 0 amide bonds. The van der Waals surface area contributed by atoms with Crippen LogP contribution >= 0.6 is 22.9 Å². The van der Waals surface area contributed by atoms with E-state index in [9.17, 15) is 8.42 Å². The molecule has 4 rings (SSSR count). The molecular formula is C22H23ClN6O5S2. The van der Waals surface area contributed by atoms with Gasteiger partial charge >= 0.3 is 0 Å². The molecule has 190 valence electrons. The van der Waals surface area contributed by atoms with Crippen LogP contribution in [-0.2, 0) is 14.8 Å². The molecule has 0 aliphatic rings. The number of methoxy groups -OCH3 is 3. The third kappa shape index (κ3) is 5.00. The van der Waals surface area contributed by atoms with Crippen LogP contribution in [-0.4, -0.2) is 59.7 Å². The van der Waals surface area contributed by atoms with Crippen molar-refractivity contribution in [2.45, 2.75) is 18.3 Å². The number of ether oxygens (including phenoxy) is 3. The first-order valence-electron chi connectivity index (χ1n) is 10.5. The first kappa shape index (κ1) is 25.8. The van der Waals surface area contributed by atoms with E-state index in [0.717, 1.165) is 11.3 Å². The lowest BCUT2D eigenvalue weighted by Crippen LogP contribution is -2.32. The van der Waals surface area contributed by atoms with Gasteiger partial charge < -0.3 is 14.2 Å². The second-order valence-corrected chi connectivity index (χ2v) is 11.2. The van der Waals surface area contributed by atoms with Crippen molar-refractivity contribution in [2.75, 3.05) is 26.1 Å². The Balaban J connectivity index is 1.84. The summed E-state index contributed by atoms with van der Waals surface area (Å²) >= 11 is 7.15. The number of nitrogens with one attached hydrogen (secondary N) is 1. The fourth-order valence-corrected chi connectivity index (χ4v) is 5.91. The molecule has 0 aliphatic heterocycles. The molecule has 36 heavy (non-hydrogen) atoms. The average Bonchev–Trinajstić information content (AvgIpc) is 3.50. The van der Waals surface area contributed by atoms with Crippen molar-refractivity contribution >= 4 is 38.9 Å². The Morgan fingerprint density at radius 1 is 1.06 bits per heavy atom. The highest BCUT2D eigenvalue weighted by Gasteiger charge is 2.35. The van der Waals surface area contributed by atoms with Gasteiger partial charge in [-0.05, 0) is 31.2 Å². The highest BCUT2D eigenvalue weighted by Crippen LogP contribution is 2.38. The lowest BCUT2D eigenvalue weighted by molar-refractivity contribution is 0.102. The maximum absolute atomic E-state index is 13.5. The minimum atomic E-state index is -4.07. The molecular weight excluding hydrogens is 528 g/mol. The molecule has 0 bridgehead atoms. The van der Waals surface area contributed by atoms with Crippen LogP contribution in [0.4, 0.5) is 5.95 Å². The van der Waals surface area contributed by atoms with Crippen LogP contribution in [0.25, 0.3) is 17.1 Å². The van der Waals surface area contributed by atoms with Gasteiger partial charge in [0.05, 0.1) is 20.4 Å². The standard InChI is InChI=1S/C22H23ClN6O5S2/c1-13(19(34-4)21-25-12-17(23)35-21)36(30,31)28-22-27-26-20(14-7-6-10-24-11-14)29(22)18-15(32-2)8-5-9-16(18)33-3/h5-13,19H,1-4H3,(H,27,28)/t13-,19-/m1/s1. The summed E-state index contributed by atoms with van der Waals surface area (Å²) < 4.78 is 48.1. The van der Waals surface area contributed by atoms with E-state index >= 15 is 0 Å². The van der Waals surface area contributed by atoms with E-state index in [1.165, 1.54) is 39.0 Å². The van der Waals surface area contributed by atoms with Crippen LogP contribution in [0.5, 0.6) is 11.5 Å². The van der Waals surface area contributed by atoms with E-state index in [2.05, 4.69) is 24.9 Å². The summed E-state index contributed by atoms with van der Waals surface area (Å²) in [6, 6.07) is 8.72. The molecule has 4 aromatic rings. The van der Waals surface area contributed by atoms with Crippen LogP contribution in [0.3, 0.4) is 0 Å². The van der Waals surface area contributed by atoms with Gasteiger partial charge in [0.1, 0.15) is 37.9 Å². The lowest BCUT2D eigenvalue weighted by Gasteiger charge is -2.22. The molecule has 0 aliphatic carbocycles. The Labute approximate surface area is 217 Å². The van der Waals surface area contributed by atoms with Crippen molar-refractivity contribution in [1.82, 2.24) is 24.7 Å². The van der Waals surface area contributed by atoms with Crippen LogP contribution in [0.1, 0.15) is 18.0 Å². The number of halogens is 1. The van der Waals surface area contributed by atoms with Crippen molar-refractivity contribution in [3.63, 3.8) is 0 Å². The van der Waals surface area contributed by atoms with E-state index < -0.39 is 21.4 Å². The number of nitrogens with zero attached hydrogens (tertiary/aromatic N) is 5. The number of benzene rings is 1. The molecule has 0 unspecified atom stereocenters. The number of rotatable bonds is 10. The number of hydrogen-bond acceptors (Lipinski definition) is 10. The van der Waals surface area contributed by atoms with Crippen molar-refractivity contribution in [2.24, 2.45) is 0 Å². The van der Waals surface area contributed by atoms with Gasteiger partial charge in [-0.3, -0.25) is 14.3 Å². The van der Waals surface area contributed by atoms with Crippen LogP contribution < -0.4 is 14.2 Å². The zero-order valence-corrected chi connectivity index (χ0v) is 22.1. The number of anilines is 1. The first-order chi connectivity index (χ1) is 17.3. The minimum Gasteiger partial charge on any atom is -0.494 e. The molecule has 11 nitrogen and oxygen atoms in total. The Bertz CT molecular complexity index is 1420. The third-order valence-corrected chi connectivity index (χ3v) is 8.22. The van der Waals surface area contributed by atoms with Crippen molar-refractivity contribution in [3.8, 4) is 28.6 Å². The second kappa shape index (κ2) is 10.8. The van der Waals surface area contributed by atoms with Crippen molar-refractivity contribution < 1.29 is 22.6 Å². The quantitative estimate of drug-likeness (QED) is 0.311. The van der Waals surface area contributed by atoms with Gasteiger partial charge in [0.15, 0.2) is 5.82 Å². The van der Waals surface area contributed by atoms with Gasteiger partial charge in [0.25, 0.3) is 0 Å². The third-order valence-electron chi connectivity index (χ3n) is 5.35. The summed E-state index contributed by atoms with van der Waals surface area (Å²) in [7, 11) is 0.339. The van der Waals surface area contributed by atoms with Crippen molar-refractivity contribution in [3.05, 3.63) is 58.3 Å². The molecule has 0 radical (unpaired) electrons. The number of pyridine rings is 1. The fourth-order valence-electron chi connectivity index (χ4n) is 3.57. The van der Waals surface area contributed by atoms with E-state index in [1.54, 1.807) is 42.7 Å². The molecule has 1 N–H and O–H groups in total. The largest absolute Gasteiger partial charge is 0.494 e. The van der Waals surface area contributed by atoms with Gasteiger partial charge in [-0.25, -0.2) is 13.4 Å². The van der Waals surface area contributed by atoms with Crippen molar-refractivity contribution in [1.29, 1.82) is 0 Å². The molecule has 0 saturated heterocycles. The molecule has 0 spiro atoms. The number of hydrogen-bond donors (Lipinski definition) is 1. The maximum atomic E-state index is 13.5. The molecule has 0 fully saturated rings. The molecule has 2 atom stereocenters. The zero-order valence-electron chi connectivity index (χ0n) is 19.7. The summed E-state index contributed by atoms with van der Waals surface area (Å²) in [4.78, 5) is 8.33. The highest BCUT2D eigenvalue weighted by atomic mass is 35.5. The summed E-state index contributed by atoms with van der Waals surface area (Å²) in [5.74, 6) is 1.08. The SMILES string of the molecule is COc1cccc(OC)c1-n1c(NS(=O)(=O)[C@H](C)[C@@H](OC)c2ncc(Cl)s2)nnc1-c1cccnc1. The maximum Gasteiger partial charge on any atom is 0.243 e. The predicted molar refractivity (Wildman–Crippen MR) is 137 cm³/mol. The minimum absolute atomic E-state index is 0.0736. The molecule has 3 aromatic heterocycles. The van der Waals surface area contributed by atoms with Crippen LogP contribution in [0, 0.1) is 0 Å². The summed E-state index contributed by atoms with van der Waals surface area (Å²) in [6.07, 6.45) is 3.80. The molecule has 3 heterocycles. The highest BCUT2D eigenvalue weighted by molar-refractivity contribution is 7.93. The second-order valence-electron chi connectivity index (χ2n) is 7.45. The van der Waals surface area contributed by atoms with E-state index in [4.69, 9.17) is 25.8 Å². The number of para-hydroxylation sites is 1. The predicted octanol–water partition coefficient (Wildman–Crippen LogP) is 3.97. The Morgan fingerprint density at radius 3 is 2.33 bits per heavy atom. The van der Waals surface area contributed by atoms with E-state index in [-0.39, 0.29) is 5.95 Å². The van der Waals surface area contributed by atoms with E-state index in [1.807, 2.05) is 0 Å². The first-order valence-corrected chi connectivity index (χ1v) is 13.3. The summed E-state index contributed by atoms with van der Waals surface area (Å²) in [5.41, 5.74) is 1.01. The number of aromatic nitrogens is 5. The van der Waals surface area contributed by atoms with E-state index in [0.29, 0.717) is 37.9 Å². The number of thiazole rings is 1. The monoisotopic (exact) mass is 550 g/mol. The van der Waals surface area contributed by atoms with Gasteiger partial charge in [0, 0.05) is 25.1 Å². The lowest BCUT2D eigenvalue weighted by atomic mass is 10.2. The molecule has 14 heteroatoms. The van der Waals surface area contributed by atoms with Crippen LogP contribution in [0.15, 0.2) is 48.9 Å². The fraction of sp³-hybridized carbons (Fsp3) is 0.273. The van der Waals surface area contributed by atoms with Crippen LogP contribution in [0.2, 0.25) is 4.34 Å². The Hall–Kier alpha value is -3.26. The average molecular weight is 551 g/mol. The molecule has 1 aromatic carbocycles. The van der Waals surface area contributed by atoms with Gasteiger partial charge in [0.2, 0.25) is 16.0 Å². The van der Waals surface area contributed by atoms with Gasteiger partial charge in [-0.15, -0.1) is 21.5 Å². The normalized spacial score (nSPS) is 13.2. The Morgan fingerprint density at radius 2 is 1.78 bits per heavy atom. The smallest absolute Gasteiger partial charge is 0.243 e.